The van der Waals surface area contributed by atoms with E-state index in [2.05, 4.69) is 0 Å². The van der Waals surface area contributed by atoms with Crippen molar-refractivity contribution in [2.24, 2.45) is 0 Å². The van der Waals surface area contributed by atoms with Gasteiger partial charge in [-0.25, -0.2) is 4.79 Å². The predicted molar refractivity (Wildman–Crippen MR) is 78.0 cm³/mol. The molecule has 5 heteroatoms. The van der Waals surface area contributed by atoms with Crippen molar-refractivity contribution in [3.8, 4) is 0 Å². The number of ether oxygens (including phenoxy) is 2. The van der Waals surface area contributed by atoms with E-state index >= 15 is 0 Å². The first-order valence-electron chi connectivity index (χ1n) is 6.71. The molecule has 1 saturated heterocycles. The lowest BCUT2D eigenvalue weighted by atomic mass is 10.1. The zero-order valence-electron chi connectivity index (χ0n) is 12.1. The second kappa shape index (κ2) is 6.02. The maximum absolute atomic E-state index is 12.1. The van der Waals surface area contributed by atoms with Gasteiger partial charge in [0.2, 0.25) is 0 Å². The Morgan fingerprint density at radius 2 is 2.10 bits per heavy atom. The Morgan fingerprint density at radius 3 is 2.75 bits per heavy atom. The van der Waals surface area contributed by atoms with E-state index in [9.17, 15) is 4.79 Å². The fraction of sp³-hybridized carbons (Fsp3) is 0.533. The van der Waals surface area contributed by atoms with Crippen LogP contribution in [0.1, 0.15) is 32.4 Å². The molecule has 4 nitrogen and oxygen atoms in total. The molecule has 1 fully saturated rings. The molecule has 1 atom stereocenters. The van der Waals surface area contributed by atoms with Crippen molar-refractivity contribution < 1.29 is 14.3 Å². The van der Waals surface area contributed by atoms with Crippen molar-refractivity contribution >= 4 is 17.7 Å². The Hall–Kier alpha value is -1.26. The van der Waals surface area contributed by atoms with Gasteiger partial charge < -0.3 is 14.4 Å². The van der Waals surface area contributed by atoms with E-state index in [4.69, 9.17) is 21.1 Å². The summed E-state index contributed by atoms with van der Waals surface area (Å²) >= 11 is 6.18. The summed E-state index contributed by atoms with van der Waals surface area (Å²) in [5.74, 6) is 0. The molecule has 0 aliphatic carbocycles. The first-order chi connectivity index (χ1) is 9.37. The minimum absolute atomic E-state index is 0.204. The van der Waals surface area contributed by atoms with Crippen LogP contribution < -0.4 is 0 Å². The molecule has 1 unspecified atom stereocenters. The lowest BCUT2D eigenvalue weighted by molar-refractivity contribution is -0.0432. The van der Waals surface area contributed by atoms with Crippen molar-refractivity contribution in [1.82, 2.24) is 4.90 Å². The van der Waals surface area contributed by atoms with E-state index in [-0.39, 0.29) is 12.2 Å². The Morgan fingerprint density at radius 1 is 1.40 bits per heavy atom. The van der Waals surface area contributed by atoms with Crippen LogP contribution in [0.15, 0.2) is 24.3 Å². The van der Waals surface area contributed by atoms with Gasteiger partial charge in [-0.3, -0.25) is 0 Å². The smallest absolute Gasteiger partial charge is 0.410 e. The fourth-order valence-electron chi connectivity index (χ4n) is 2.07. The van der Waals surface area contributed by atoms with E-state index in [0.717, 1.165) is 5.56 Å². The van der Waals surface area contributed by atoms with E-state index in [1.807, 2.05) is 45.0 Å². The Kier molecular flexibility index (Phi) is 4.55. The van der Waals surface area contributed by atoms with Crippen LogP contribution in [0.3, 0.4) is 0 Å². The second-order valence-electron chi connectivity index (χ2n) is 5.81. The maximum Gasteiger partial charge on any atom is 0.410 e. The molecular formula is C15H20ClNO3. The van der Waals surface area contributed by atoms with Crippen LogP contribution in [-0.4, -0.2) is 36.3 Å². The Bertz CT molecular complexity index is 484. The topological polar surface area (TPSA) is 38.8 Å². The van der Waals surface area contributed by atoms with Gasteiger partial charge in [0.25, 0.3) is 0 Å². The normalized spacial score (nSPS) is 19.8. The standard InChI is InChI=1S/C15H20ClNO3/c1-15(2,3)20-14(18)17-8-9-19-13(10-17)11-6-4-5-7-12(11)16/h4-7,13H,8-10H2,1-3H3. The van der Waals surface area contributed by atoms with E-state index in [1.165, 1.54) is 0 Å². The molecule has 0 N–H and O–H groups in total. The molecule has 0 spiro atoms. The third kappa shape index (κ3) is 3.87. The summed E-state index contributed by atoms with van der Waals surface area (Å²) in [6.07, 6.45) is -0.511. The summed E-state index contributed by atoms with van der Waals surface area (Å²) in [6.45, 7) is 7.05. The molecule has 1 aliphatic rings. The van der Waals surface area contributed by atoms with Crippen LogP contribution in [0.5, 0.6) is 0 Å². The monoisotopic (exact) mass is 297 g/mol. The molecule has 1 aromatic carbocycles. The highest BCUT2D eigenvalue weighted by molar-refractivity contribution is 6.31. The fourth-order valence-corrected chi connectivity index (χ4v) is 2.32. The van der Waals surface area contributed by atoms with Gasteiger partial charge in [-0.05, 0) is 26.8 Å². The molecular weight excluding hydrogens is 278 g/mol. The molecule has 0 aromatic heterocycles. The summed E-state index contributed by atoms with van der Waals surface area (Å²) in [4.78, 5) is 13.8. The van der Waals surface area contributed by atoms with Gasteiger partial charge in [0, 0.05) is 17.1 Å². The molecule has 0 radical (unpaired) electrons. The molecule has 110 valence electrons. The molecule has 1 aliphatic heterocycles. The number of morpholine rings is 1. The molecule has 0 saturated carbocycles. The third-order valence-corrected chi connectivity index (χ3v) is 3.31. The zero-order valence-corrected chi connectivity index (χ0v) is 12.8. The van der Waals surface area contributed by atoms with Crippen molar-refractivity contribution in [2.45, 2.75) is 32.5 Å². The number of nitrogens with zero attached hydrogens (tertiary/aromatic N) is 1. The van der Waals surface area contributed by atoms with E-state index in [1.54, 1.807) is 4.90 Å². The minimum Gasteiger partial charge on any atom is -0.444 e. The highest BCUT2D eigenvalue weighted by Crippen LogP contribution is 2.28. The molecule has 1 heterocycles. The Balaban J connectivity index is 2.06. The van der Waals surface area contributed by atoms with Crippen LogP contribution in [-0.2, 0) is 9.47 Å². The van der Waals surface area contributed by atoms with Crippen LogP contribution in [0.25, 0.3) is 0 Å². The molecule has 0 bridgehead atoms. The number of halogens is 1. The number of amides is 1. The Labute approximate surface area is 124 Å². The van der Waals surface area contributed by atoms with Crippen molar-refractivity contribution in [3.63, 3.8) is 0 Å². The molecule has 1 amide bonds. The molecule has 2 rings (SSSR count). The van der Waals surface area contributed by atoms with Gasteiger partial charge in [0.1, 0.15) is 11.7 Å². The molecule has 1 aromatic rings. The van der Waals surface area contributed by atoms with Gasteiger partial charge in [-0.15, -0.1) is 0 Å². The first-order valence-corrected chi connectivity index (χ1v) is 7.08. The SMILES string of the molecule is CC(C)(C)OC(=O)N1CCOC(c2ccccc2Cl)C1. The lowest BCUT2D eigenvalue weighted by Gasteiger charge is -2.34. The predicted octanol–water partition coefficient (Wildman–Crippen LogP) is 3.65. The second-order valence-corrected chi connectivity index (χ2v) is 6.21. The maximum atomic E-state index is 12.1. The van der Waals surface area contributed by atoms with Crippen molar-refractivity contribution in [2.75, 3.05) is 19.7 Å². The highest BCUT2D eigenvalue weighted by Gasteiger charge is 2.29. The third-order valence-electron chi connectivity index (χ3n) is 2.97. The van der Waals surface area contributed by atoms with Crippen molar-refractivity contribution in [1.29, 1.82) is 0 Å². The number of carbonyl (C=O) groups excluding carboxylic acids is 1. The summed E-state index contributed by atoms with van der Waals surface area (Å²) in [5.41, 5.74) is 0.414. The average molecular weight is 298 g/mol. The van der Waals surface area contributed by atoms with E-state index < -0.39 is 5.60 Å². The summed E-state index contributed by atoms with van der Waals surface area (Å²) in [6, 6.07) is 7.54. The van der Waals surface area contributed by atoms with Gasteiger partial charge in [-0.2, -0.15) is 0 Å². The first kappa shape index (κ1) is 15.1. The number of hydrogen-bond donors (Lipinski definition) is 0. The van der Waals surface area contributed by atoms with Gasteiger partial charge >= 0.3 is 6.09 Å². The van der Waals surface area contributed by atoms with Crippen LogP contribution >= 0.6 is 11.6 Å². The van der Waals surface area contributed by atoms with Crippen molar-refractivity contribution in [3.05, 3.63) is 34.9 Å². The largest absolute Gasteiger partial charge is 0.444 e. The summed E-state index contributed by atoms with van der Waals surface area (Å²) in [5, 5.41) is 0.656. The summed E-state index contributed by atoms with van der Waals surface area (Å²) < 4.78 is 11.1. The average Bonchev–Trinajstić information content (AvgIpc) is 2.37. The van der Waals surface area contributed by atoms with Crippen LogP contribution in [0.4, 0.5) is 4.79 Å². The highest BCUT2D eigenvalue weighted by atomic mass is 35.5. The number of rotatable bonds is 1. The lowest BCUT2D eigenvalue weighted by Crippen LogP contribution is -2.44. The quantitative estimate of drug-likeness (QED) is 0.794. The number of hydrogen-bond acceptors (Lipinski definition) is 3. The minimum atomic E-state index is -0.491. The summed E-state index contributed by atoms with van der Waals surface area (Å²) in [7, 11) is 0. The van der Waals surface area contributed by atoms with Crippen LogP contribution in [0, 0.1) is 0 Å². The number of carbonyl (C=O) groups is 1. The van der Waals surface area contributed by atoms with Gasteiger partial charge in [-0.1, -0.05) is 29.8 Å². The zero-order chi connectivity index (χ0) is 14.8. The van der Waals surface area contributed by atoms with Gasteiger partial charge in [0.15, 0.2) is 0 Å². The van der Waals surface area contributed by atoms with Gasteiger partial charge in [0.05, 0.1) is 13.2 Å². The number of benzene rings is 1. The molecule has 20 heavy (non-hydrogen) atoms. The van der Waals surface area contributed by atoms with E-state index in [0.29, 0.717) is 24.7 Å². The van der Waals surface area contributed by atoms with Crippen LogP contribution in [0.2, 0.25) is 5.02 Å².